The van der Waals surface area contributed by atoms with E-state index in [1.54, 1.807) is 13.0 Å². The molecule has 0 N–H and O–H groups in total. The van der Waals surface area contributed by atoms with E-state index in [1.165, 1.54) is 6.08 Å². The third-order valence-corrected chi connectivity index (χ3v) is 10.2. The van der Waals surface area contributed by atoms with Gasteiger partial charge in [0.1, 0.15) is 17.4 Å². The zero-order valence-corrected chi connectivity index (χ0v) is 20.2. The number of esters is 1. The summed E-state index contributed by atoms with van der Waals surface area (Å²) in [6.45, 7) is 7.43. The van der Waals surface area contributed by atoms with Crippen LogP contribution in [0.5, 0.6) is 0 Å². The maximum atomic E-state index is 15.5. The first-order chi connectivity index (χ1) is 15.5. The Morgan fingerprint density at radius 3 is 2.70 bits per heavy atom. The second-order valence-corrected chi connectivity index (χ2v) is 11.6. The van der Waals surface area contributed by atoms with Gasteiger partial charge in [0.25, 0.3) is 0 Å². The van der Waals surface area contributed by atoms with Crippen molar-refractivity contribution in [2.75, 3.05) is 6.01 Å². The summed E-state index contributed by atoms with van der Waals surface area (Å²) in [5.74, 6) is -1.61. The SMILES string of the molecule is CCC(=O)OC1(C(=O)SCF)[C@H](C)CC2C3CC(F)=C4CC(=O)C=CC4(C)[C@@]34O[C@H]4CC21C. The highest BCUT2D eigenvalue weighted by Gasteiger charge is 2.83. The molecule has 180 valence electrons. The summed E-state index contributed by atoms with van der Waals surface area (Å²) in [4.78, 5) is 38.0. The van der Waals surface area contributed by atoms with Crippen molar-refractivity contribution in [3.63, 3.8) is 0 Å². The van der Waals surface area contributed by atoms with E-state index in [0.29, 0.717) is 30.2 Å². The fraction of sp³-hybridized carbons (Fsp3) is 0.720. The third-order valence-electron chi connectivity index (χ3n) is 9.54. The lowest BCUT2D eigenvalue weighted by molar-refractivity contribution is -0.187. The Bertz CT molecular complexity index is 1010. The van der Waals surface area contributed by atoms with E-state index in [0.717, 1.165) is 0 Å². The minimum absolute atomic E-state index is 0.0609. The smallest absolute Gasteiger partial charge is 0.306 e. The van der Waals surface area contributed by atoms with E-state index in [4.69, 9.17) is 9.47 Å². The van der Waals surface area contributed by atoms with E-state index < -0.39 is 39.1 Å². The molecule has 5 unspecified atom stereocenters. The summed E-state index contributed by atoms with van der Waals surface area (Å²) in [7, 11) is 0. The van der Waals surface area contributed by atoms with Gasteiger partial charge in [-0.1, -0.05) is 26.8 Å². The number of hydrogen-bond donors (Lipinski definition) is 0. The first kappa shape index (κ1) is 23.2. The molecule has 0 aromatic carbocycles. The molecule has 8 atom stereocenters. The molecule has 8 heteroatoms. The summed E-state index contributed by atoms with van der Waals surface area (Å²) in [5.41, 5.74) is -3.16. The Hall–Kier alpha value is -1.54. The molecule has 33 heavy (non-hydrogen) atoms. The highest BCUT2D eigenvalue weighted by Crippen LogP contribution is 2.77. The summed E-state index contributed by atoms with van der Waals surface area (Å²) in [6, 6.07) is -0.900. The van der Waals surface area contributed by atoms with Crippen molar-refractivity contribution < 1.29 is 32.6 Å². The molecule has 5 aliphatic rings. The van der Waals surface area contributed by atoms with Crippen LogP contribution in [0.1, 0.15) is 59.8 Å². The molecule has 5 rings (SSSR count). The lowest BCUT2D eigenvalue weighted by Crippen LogP contribution is -2.62. The highest BCUT2D eigenvalue weighted by atomic mass is 32.2. The van der Waals surface area contributed by atoms with Gasteiger partial charge in [-0.25, -0.2) is 8.78 Å². The Balaban J connectivity index is 1.63. The van der Waals surface area contributed by atoms with Crippen molar-refractivity contribution >= 4 is 28.6 Å². The largest absolute Gasteiger partial charge is 0.449 e. The quantitative estimate of drug-likeness (QED) is 0.423. The lowest BCUT2D eigenvalue weighted by Gasteiger charge is -2.55. The molecular formula is C25H30F2O5S. The monoisotopic (exact) mass is 480 g/mol. The molecule has 1 spiro atoms. The average molecular weight is 481 g/mol. The first-order valence-electron chi connectivity index (χ1n) is 11.7. The number of epoxide rings is 1. The van der Waals surface area contributed by atoms with Gasteiger partial charge in [-0.15, -0.1) is 0 Å². The van der Waals surface area contributed by atoms with Crippen LogP contribution in [0.4, 0.5) is 8.78 Å². The molecule has 0 bridgehead atoms. The number of fused-ring (bicyclic) bond motifs is 3. The number of rotatable bonds is 4. The topological polar surface area (TPSA) is 73.0 Å². The molecule has 0 aromatic heterocycles. The van der Waals surface area contributed by atoms with E-state index in [2.05, 4.69) is 0 Å². The van der Waals surface area contributed by atoms with Crippen LogP contribution in [0.15, 0.2) is 23.6 Å². The van der Waals surface area contributed by atoms with E-state index in [1.807, 2.05) is 20.8 Å². The molecule has 0 radical (unpaired) electrons. The summed E-state index contributed by atoms with van der Waals surface area (Å²) in [6.07, 6.45) is 4.39. The second-order valence-electron chi connectivity index (χ2n) is 10.7. The number of halogens is 2. The summed E-state index contributed by atoms with van der Waals surface area (Å²) in [5, 5.41) is -0.473. The molecule has 1 aliphatic heterocycles. The molecule has 1 saturated heterocycles. The maximum Gasteiger partial charge on any atom is 0.306 e. The molecule has 5 nitrogen and oxygen atoms in total. The third kappa shape index (κ3) is 2.65. The van der Waals surface area contributed by atoms with Crippen molar-refractivity contribution in [3.05, 3.63) is 23.6 Å². The standard InChI is InChI=1S/C25H30F2O5S/c1-5-20(29)32-24(21(30)33-12-26)13(2)8-15-16-10-18(27)17-9-14(28)6-7-22(17,3)25(16)19(31-25)11-23(15,24)4/h6-7,13,15-16,19H,5,8-12H2,1-4H3/t13-,15?,16?,19+,22?,23?,24?,25-/m1/s1. The molecule has 2 saturated carbocycles. The number of carbonyl (C=O) groups is 3. The van der Waals surface area contributed by atoms with Gasteiger partial charge in [0, 0.05) is 41.9 Å². The lowest BCUT2D eigenvalue weighted by atomic mass is 9.47. The molecule has 0 amide bonds. The van der Waals surface area contributed by atoms with Gasteiger partial charge in [0.2, 0.25) is 5.12 Å². The minimum atomic E-state index is -1.49. The molecule has 4 aliphatic carbocycles. The molecule has 0 aromatic rings. The van der Waals surface area contributed by atoms with Crippen LogP contribution in [-0.4, -0.2) is 40.2 Å². The van der Waals surface area contributed by atoms with Crippen LogP contribution in [0.2, 0.25) is 0 Å². The zero-order chi connectivity index (χ0) is 24.0. The fourth-order valence-corrected chi connectivity index (χ4v) is 8.83. The Kier molecular flexibility index (Phi) is 5.09. The van der Waals surface area contributed by atoms with Crippen LogP contribution in [-0.2, 0) is 23.9 Å². The number of alkyl halides is 1. The number of ether oxygens (including phenoxy) is 2. The normalized spacial score (nSPS) is 47.4. The second kappa shape index (κ2) is 7.23. The maximum absolute atomic E-state index is 15.5. The van der Waals surface area contributed by atoms with Crippen LogP contribution in [0.3, 0.4) is 0 Å². The average Bonchev–Trinajstić information content (AvgIpc) is 3.44. The van der Waals surface area contributed by atoms with Gasteiger partial charge >= 0.3 is 5.97 Å². The summed E-state index contributed by atoms with van der Waals surface area (Å²) < 4.78 is 41.3. The van der Waals surface area contributed by atoms with Gasteiger partial charge in [-0.05, 0) is 49.1 Å². The summed E-state index contributed by atoms with van der Waals surface area (Å²) >= 11 is 0.543. The molecular weight excluding hydrogens is 450 g/mol. The minimum Gasteiger partial charge on any atom is -0.449 e. The van der Waals surface area contributed by atoms with Crippen LogP contribution >= 0.6 is 11.8 Å². The van der Waals surface area contributed by atoms with Crippen molar-refractivity contribution in [1.82, 2.24) is 0 Å². The number of ketones is 1. The van der Waals surface area contributed by atoms with Gasteiger partial charge in [-0.3, -0.25) is 14.4 Å². The van der Waals surface area contributed by atoms with Gasteiger partial charge in [-0.2, -0.15) is 0 Å². The number of thioether (sulfide) groups is 1. The zero-order valence-electron chi connectivity index (χ0n) is 19.4. The molecule has 3 fully saturated rings. The first-order valence-corrected chi connectivity index (χ1v) is 12.7. The Labute approximate surface area is 196 Å². The number of carbonyl (C=O) groups excluding carboxylic acids is 3. The fourth-order valence-electron chi connectivity index (χ4n) is 8.04. The van der Waals surface area contributed by atoms with Crippen molar-refractivity contribution in [2.45, 2.75) is 77.1 Å². The van der Waals surface area contributed by atoms with Crippen LogP contribution in [0.25, 0.3) is 0 Å². The van der Waals surface area contributed by atoms with Crippen molar-refractivity contribution in [2.24, 2.45) is 28.6 Å². The number of hydrogen-bond acceptors (Lipinski definition) is 6. The van der Waals surface area contributed by atoms with Gasteiger partial charge in [0.05, 0.1) is 6.10 Å². The Morgan fingerprint density at radius 1 is 1.30 bits per heavy atom. The Morgan fingerprint density at radius 2 is 2.03 bits per heavy atom. The van der Waals surface area contributed by atoms with E-state index in [9.17, 15) is 18.8 Å². The van der Waals surface area contributed by atoms with Gasteiger partial charge < -0.3 is 9.47 Å². The van der Waals surface area contributed by atoms with Gasteiger partial charge in [0.15, 0.2) is 11.4 Å². The van der Waals surface area contributed by atoms with Crippen molar-refractivity contribution in [1.29, 1.82) is 0 Å². The molecule has 1 heterocycles. The van der Waals surface area contributed by atoms with E-state index in [-0.39, 0.29) is 54.7 Å². The van der Waals surface area contributed by atoms with Crippen LogP contribution in [0, 0.1) is 28.6 Å². The highest BCUT2D eigenvalue weighted by molar-refractivity contribution is 8.13. The van der Waals surface area contributed by atoms with Crippen molar-refractivity contribution in [3.8, 4) is 0 Å². The van der Waals surface area contributed by atoms with Crippen LogP contribution < -0.4 is 0 Å². The predicted octanol–water partition coefficient (Wildman–Crippen LogP) is 4.85. The predicted molar refractivity (Wildman–Crippen MR) is 118 cm³/mol. The van der Waals surface area contributed by atoms with E-state index >= 15 is 4.39 Å². The number of allylic oxidation sites excluding steroid dienone is 2.